The zero-order valence-electron chi connectivity index (χ0n) is 15.1. The Hall–Kier alpha value is -2.91. The minimum atomic E-state index is -4.17. The molecule has 0 bridgehead atoms. The first-order valence-corrected chi connectivity index (χ1v) is 10.1. The standard InChI is InChI=1S/C18H17ClN4O4S/c1-12-18(13(2)22(20-12)11-14-7-3-4-8-15(14)19)21-28(26,27)17-10-6-5-9-16(17)23(24)25/h3-10,21H,11H2,1-2H3. The molecule has 28 heavy (non-hydrogen) atoms. The number of nitrogens with zero attached hydrogens (tertiary/aromatic N) is 3. The highest BCUT2D eigenvalue weighted by Crippen LogP contribution is 2.28. The molecule has 1 aromatic heterocycles. The van der Waals surface area contributed by atoms with Crippen LogP contribution in [0, 0.1) is 24.0 Å². The van der Waals surface area contributed by atoms with Gasteiger partial charge in [-0.05, 0) is 31.5 Å². The van der Waals surface area contributed by atoms with E-state index in [1.54, 1.807) is 24.6 Å². The van der Waals surface area contributed by atoms with Crippen LogP contribution in [-0.2, 0) is 16.6 Å². The number of hydrogen-bond acceptors (Lipinski definition) is 5. The van der Waals surface area contributed by atoms with Gasteiger partial charge in [0.1, 0.15) is 0 Å². The van der Waals surface area contributed by atoms with E-state index in [4.69, 9.17) is 11.6 Å². The molecule has 1 N–H and O–H groups in total. The first-order chi connectivity index (χ1) is 13.2. The summed E-state index contributed by atoms with van der Waals surface area (Å²) < 4.78 is 29.6. The quantitative estimate of drug-likeness (QED) is 0.480. The lowest BCUT2D eigenvalue weighted by Crippen LogP contribution is -2.16. The summed E-state index contributed by atoms with van der Waals surface area (Å²) in [6, 6.07) is 12.5. The van der Waals surface area contributed by atoms with Crippen molar-refractivity contribution in [3.63, 3.8) is 0 Å². The third-order valence-electron chi connectivity index (χ3n) is 4.25. The molecular weight excluding hydrogens is 404 g/mol. The Bertz CT molecular complexity index is 1160. The summed E-state index contributed by atoms with van der Waals surface area (Å²) in [6.07, 6.45) is 0. The van der Waals surface area contributed by atoms with E-state index in [-0.39, 0.29) is 5.69 Å². The van der Waals surface area contributed by atoms with Crippen molar-refractivity contribution in [2.45, 2.75) is 25.3 Å². The predicted molar refractivity (Wildman–Crippen MR) is 106 cm³/mol. The van der Waals surface area contributed by atoms with Crippen molar-refractivity contribution in [2.75, 3.05) is 4.72 Å². The fourth-order valence-electron chi connectivity index (χ4n) is 2.81. The second kappa shape index (κ2) is 7.61. The van der Waals surface area contributed by atoms with E-state index in [1.807, 2.05) is 18.2 Å². The van der Waals surface area contributed by atoms with Gasteiger partial charge in [-0.3, -0.25) is 19.5 Å². The average molecular weight is 421 g/mol. The lowest BCUT2D eigenvalue weighted by Gasteiger charge is -2.10. The Kier molecular flexibility index (Phi) is 5.39. The summed E-state index contributed by atoms with van der Waals surface area (Å²) in [6.45, 7) is 3.74. The lowest BCUT2D eigenvalue weighted by atomic mass is 10.2. The normalized spacial score (nSPS) is 11.4. The highest BCUT2D eigenvalue weighted by molar-refractivity contribution is 7.92. The van der Waals surface area contributed by atoms with Gasteiger partial charge in [-0.1, -0.05) is 41.9 Å². The van der Waals surface area contributed by atoms with Crippen molar-refractivity contribution < 1.29 is 13.3 Å². The number of rotatable bonds is 6. The van der Waals surface area contributed by atoms with E-state index in [0.29, 0.717) is 23.0 Å². The van der Waals surface area contributed by atoms with Crippen LogP contribution in [0.5, 0.6) is 0 Å². The summed E-state index contributed by atoms with van der Waals surface area (Å²) in [7, 11) is -4.17. The maximum Gasteiger partial charge on any atom is 0.289 e. The van der Waals surface area contributed by atoms with Gasteiger partial charge in [0.2, 0.25) is 0 Å². The number of anilines is 1. The Labute approximate surface area is 167 Å². The zero-order valence-corrected chi connectivity index (χ0v) is 16.7. The van der Waals surface area contributed by atoms with Gasteiger partial charge in [-0.25, -0.2) is 8.42 Å². The molecule has 8 nitrogen and oxygen atoms in total. The molecule has 0 amide bonds. The van der Waals surface area contributed by atoms with Crippen molar-refractivity contribution in [2.24, 2.45) is 0 Å². The topological polar surface area (TPSA) is 107 Å². The van der Waals surface area contributed by atoms with E-state index in [9.17, 15) is 18.5 Å². The molecule has 0 atom stereocenters. The summed E-state index contributed by atoms with van der Waals surface area (Å²) in [5, 5.41) is 16.1. The Morgan fingerprint density at radius 3 is 2.46 bits per heavy atom. The number of para-hydroxylation sites is 1. The molecule has 0 saturated heterocycles. The summed E-state index contributed by atoms with van der Waals surface area (Å²) in [5.74, 6) is 0. The summed E-state index contributed by atoms with van der Waals surface area (Å²) in [5.41, 5.74) is 1.65. The number of hydrogen-bond donors (Lipinski definition) is 1. The van der Waals surface area contributed by atoms with E-state index >= 15 is 0 Å². The number of nitrogens with one attached hydrogen (secondary N) is 1. The molecule has 10 heteroatoms. The third-order valence-corrected chi connectivity index (χ3v) is 6.01. The fourth-order valence-corrected chi connectivity index (χ4v) is 4.36. The van der Waals surface area contributed by atoms with Gasteiger partial charge in [0, 0.05) is 11.1 Å². The Morgan fingerprint density at radius 2 is 1.79 bits per heavy atom. The molecule has 3 rings (SSSR count). The maximum atomic E-state index is 12.8. The highest BCUT2D eigenvalue weighted by atomic mass is 35.5. The molecule has 0 radical (unpaired) electrons. The fraction of sp³-hybridized carbons (Fsp3) is 0.167. The monoisotopic (exact) mass is 420 g/mol. The molecular formula is C18H17ClN4O4S. The number of halogens is 1. The van der Waals surface area contributed by atoms with Crippen molar-refractivity contribution in [1.29, 1.82) is 0 Å². The zero-order chi connectivity index (χ0) is 20.5. The molecule has 0 unspecified atom stereocenters. The van der Waals surface area contributed by atoms with E-state index in [1.165, 1.54) is 18.2 Å². The number of aryl methyl sites for hydroxylation is 1. The molecule has 146 valence electrons. The van der Waals surface area contributed by atoms with Gasteiger partial charge < -0.3 is 0 Å². The van der Waals surface area contributed by atoms with Gasteiger partial charge >= 0.3 is 0 Å². The van der Waals surface area contributed by atoms with Gasteiger partial charge in [0.15, 0.2) is 4.90 Å². The summed E-state index contributed by atoms with van der Waals surface area (Å²) >= 11 is 6.19. The molecule has 3 aromatic rings. The second-order valence-corrected chi connectivity index (χ2v) is 8.18. The number of nitro groups is 1. The molecule has 0 spiro atoms. The lowest BCUT2D eigenvalue weighted by molar-refractivity contribution is -0.387. The van der Waals surface area contributed by atoms with Crippen LogP contribution in [0.15, 0.2) is 53.4 Å². The van der Waals surface area contributed by atoms with Crippen LogP contribution >= 0.6 is 11.6 Å². The first-order valence-electron chi connectivity index (χ1n) is 8.24. The number of benzene rings is 2. The van der Waals surface area contributed by atoms with Crippen molar-refractivity contribution in [3.05, 3.63) is 80.6 Å². The molecule has 0 aliphatic heterocycles. The SMILES string of the molecule is Cc1nn(Cc2ccccc2Cl)c(C)c1NS(=O)(=O)c1ccccc1[N+](=O)[O-]. The van der Waals surface area contributed by atoms with Crippen LogP contribution in [0.25, 0.3) is 0 Å². The summed E-state index contributed by atoms with van der Waals surface area (Å²) in [4.78, 5) is 10.0. The maximum absolute atomic E-state index is 12.8. The molecule has 0 fully saturated rings. The van der Waals surface area contributed by atoms with Crippen LogP contribution in [0.3, 0.4) is 0 Å². The van der Waals surface area contributed by atoms with Gasteiger partial charge in [0.25, 0.3) is 15.7 Å². The highest BCUT2D eigenvalue weighted by Gasteiger charge is 2.27. The molecule has 0 saturated carbocycles. The van der Waals surface area contributed by atoms with Gasteiger partial charge in [-0.2, -0.15) is 5.10 Å². The van der Waals surface area contributed by atoms with Crippen molar-refractivity contribution in [1.82, 2.24) is 9.78 Å². The molecule has 2 aromatic carbocycles. The van der Waals surface area contributed by atoms with Gasteiger partial charge in [0.05, 0.1) is 28.5 Å². The third kappa shape index (κ3) is 3.85. The Morgan fingerprint density at radius 1 is 1.14 bits per heavy atom. The van der Waals surface area contributed by atoms with E-state index < -0.39 is 25.5 Å². The van der Waals surface area contributed by atoms with Crippen LogP contribution < -0.4 is 4.72 Å². The molecule has 0 aliphatic carbocycles. The molecule has 0 aliphatic rings. The Balaban J connectivity index is 1.97. The van der Waals surface area contributed by atoms with Crippen LogP contribution in [0.2, 0.25) is 5.02 Å². The van der Waals surface area contributed by atoms with Crippen LogP contribution in [0.4, 0.5) is 11.4 Å². The number of nitro benzene ring substituents is 1. The van der Waals surface area contributed by atoms with E-state index in [0.717, 1.165) is 11.6 Å². The molecule has 1 heterocycles. The smallest absolute Gasteiger partial charge is 0.276 e. The van der Waals surface area contributed by atoms with Crippen LogP contribution in [0.1, 0.15) is 17.0 Å². The average Bonchev–Trinajstić information content (AvgIpc) is 2.91. The minimum Gasteiger partial charge on any atom is -0.276 e. The first kappa shape index (κ1) is 19.8. The van der Waals surface area contributed by atoms with Crippen molar-refractivity contribution >= 4 is 33.0 Å². The minimum absolute atomic E-state index is 0.283. The predicted octanol–water partition coefficient (Wildman–Crippen LogP) is 3.91. The van der Waals surface area contributed by atoms with Gasteiger partial charge in [-0.15, -0.1) is 0 Å². The van der Waals surface area contributed by atoms with Crippen LogP contribution in [-0.4, -0.2) is 23.1 Å². The van der Waals surface area contributed by atoms with Crippen molar-refractivity contribution in [3.8, 4) is 0 Å². The second-order valence-electron chi connectivity index (χ2n) is 6.13. The largest absolute Gasteiger partial charge is 0.289 e. The number of sulfonamides is 1. The van der Waals surface area contributed by atoms with E-state index in [2.05, 4.69) is 9.82 Å². The number of aromatic nitrogens is 2.